The molecule has 2 saturated heterocycles. The van der Waals surface area contributed by atoms with Crippen LogP contribution in [0.5, 0.6) is 0 Å². The van der Waals surface area contributed by atoms with Crippen molar-refractivity contribution in [2.45, 2.75) is 57.2 Å². The third-order valence-corrected chi connectivity index (χ3v) is 5.12. The van der Waals surface area contributed by atoms with E-state index in [9.17, 15) is 0 Å². The van der Waals surface area contributed by atoms with E-state index < -0.39 is 0 Å². The van der Waals surface area contributed by atoms with Crippen LogP contribution in [0.1, 0.15) is 50.8 Å². The molecule has 4 nitrogen and oxygen atoms in total. The minimum Gasteiger partial charge on any atom is -0.308 e. The first-order chi connectivity index (χ1) is 9.79. The van der Waals surface area contributed by atoms with Crippen LogP contribution in [0.15, 0.2) is 18.6 Å². The Morgan fingerprint density at radius 3 is 2.65 bits per heavy atom. The highest BCUT2D eigenvalue weighted by Crippen LogP contribution is 2.42. The molecule has 110 valence electrons. The number of rotatable bonds is 5. The van der Waals surface area contributed by atoms with Crippen LogP contribution >= 0.6 is 0 Å². The van der Waals surface area contributed by atoms with Crippen LogP contribution in [0.2, 0.25) is 0 Å². The summed E-state index contributed by atoms with van der Waals surface area (Å²) in [6.45, 7) is 3.28. The minimum absolute atomic E-state index is 0.375. The third-order valence-electron chi connectivity index (χ3n) is 5.12. The fourth-order valence-electron chi connectivity index (χ4n) is 4.01. The summed E-state index contributed by atoms with van der Waals surface area (Å²) < 4.78 is 0. The molecule has 0 amide bonds. The van der Waals surface area contributed by atoms with Crippen LogP contribution in [0.25, 0.3) is 0 Å². The van der Waals surface area contributed by atoms with Gasteiger partial charge in [-0.25, -0.2) is 0 Å². The monoisotopic (exact) mass is 274 g/mol. The topological polar surface area (TPSA) is 41.1 Å². The molecule has 1 N–H and O–H groups in total. The molecule has 2 bridgehead atoms. The zero-order chi connectivity index (χ0) is 13.9. The Labute approximate surface area is 122 Å². The van der Waals surface area contributed by atoms with Gasteiger partial charge in [0.2, 0.25) is 0 Å². The first kappa shape index (κ1) is 14.0. The summed E-state index contributed by atoms with van der Waals surface area (Å²) in [5.74, 6) is 0.701. The van der Waals surface area contributed by atoms with E-state index in [-0.39, 0.29) is 0 Å². The van der Waals surface area contributed by atoms with Crippen molar-refractivity contribution in [1.82, 2.24) is 20.2 Å². The van der Waals surface area contributed by atoms with E-state index in [1.54, 1.807) is 6.20 Å². The van der Waals surface area contributed by atoms with Crippen molar-refractivity contribution in [2.24, 2.45) is 5.92 Å². The number of aromatic nitrogens is 2. The van der Waals surface area contributed by atoms with Gasteiger partial charge in [-0.05, 0) is 51.6 Å². The average molecular weight is 274 g/mol. The van der Waals surface area contributed by atoms with Gasteiger partial charge in [0.15, 0.2) is 0 Å². The van der Waals surface area contributed by atoms with E-state index in [1.165, 1.54) is 25.7 Å². The summed E-state index contributed by atoms with van der Waals surface area (Å²) in [6.07, 6.45) is 12.0. The molecular formula is C16H26N4. The van der Waals surface area contributed by atoms with Gasteiger partial charge in [0.25, 0.3) is 0 Å². The zero-order valence-corrected chi connectivity index (χ0v) is 12.6. The van der Waals surface area contributed by atoms with Crippen molar-refractivity contribution in [3.05, 3.63) is 24.3 Å². The fraction of sp³-hybridized carbons (Fsp3) is 0.750. The van der Waals surface area contributed by atoms with Crippen LogP contribution in [0, 0.1) is 5.92 Å². The second kappa shape index (κ2) is 6.19. The van der Waals surface area contributed by atoms with Gasteiger partial charge in [0.05, 0.1) is 11.7 Å². The van der Waals surface area contributed by atoms with E-state index >= 15 is 0 Å². The standard InChI is InChI=1S/C16H26N4/c1-3-6-19-16(15-11-17-7-8-18-15)12-9-13-4-5-14(10-12)20(13)2/h7-8,11-14,16,19H,3-6,9-10H2,1-2H3. The molecule has 3 unspecified atom stereocenters. The van der Waals surface area contributed by atoms with Gasteiger partial charge in [-0.3, -0.25) is 9.97 Å². The second-order valence-corrected chi connectivity index (χ2v) is 6.34. The maximum atomic E-state index is 4.56. The van der Waals surface area contributed by atoms with Gasteiger partial charge in [-0.2, -0.15) is 0 Å². The molecule has 2 aliphatic rings. The molecule has 0 aromatic carbocycles. The Balaban J connectivity index is 1.76. The number of hydrogen-bond acceptors (Lipinski definition) is 4. The second-order valence-electron chi connectivity index (χ2n) is 6.34. The first-order valence-corrected chi connectivity index (χ1v) is 8.00. The lowest BCUT2D eigenvalue weighted by Crippen LogP contribution is -2.44. The molecular weight excluding hydrogens is 248 g/mol. The Kier molecular flexibility index (Phi) is 4.32. The van der Waals surface area contributed by atoms with Crippen LogP contribution in [-0.2, 0) is 0 Å². The molecule has 1 aromatic rings. The number of nitrogens with zero attached hydrogens (tertiary/aromatic N) is 3. The molecule has 3 atom stereocenters. The number of piperidine rings is 1. The molecule has 1 aromatic heterocycles. The summed E-state index contributed by atoms with van der Waals surface area (Å²) in [6, 6.07) is 1.93. The maximum absolute atomic E-state index is 4.56. The zero-order valence-electron chi connectivity index (χ0n) is 12.6. The van der Waals surface area contributed by atoms with Crippen LogP contribution < -0.4 is 5.32 Å². The lowest BCUT2D eigenvalue weighted by Gasteiger charge is -2.39. The predicted octanol–water partition coefficient (Wildman–Crippen LogP) is 2.39. The van der Waals surface area contributed by atoms with Gasteiger partial charge in [0.1, 0.15) is 0 Å². The van der Waals surface area contributed by atoms with Crippen molar-refractivity contribution in [3.8, 4) is 0 Å². The van der Waals surface area contributed by atoms with Crippen molar-refractivity contribution >= 4 is 0 Å². The maximum Gasteiger partial charge on any atom is 0.0758 e. The highest BCUT2D eigenvalue weighted by molar-refractivity contribution is 5.07. The Morgan fingerprint density at radius 2 is 2.05 bits per heavy atom. The number of hydrogen-bond donors (Lipinski definition) is 1. The van der Waals surface area contributed by atoms with Crippen molar-refractivity contribution in [1.29, 1.82) is 0 Å². The average Bonchev–Trinajstić information content (AvgIpc) is 2.70. The van der Waals surface area contributed by atoms with Gasteiger partial charge >= 0.3 is 0 Å². The van der Waals surface area contributed by atoms with Crippen molar-refractivity contribution in [2.75, 3.05) is 13.6 Å². The molecule has 0 saturated carbocycles. The molecule has 3 heterocycles. The lowest BCUT2D eigenvalue weighted by molar-refractivity contribution is 0.111. The van der Waals surface area contributed by atoms with E-state index in [4.69, 9.17) is 0 Å². The van der Waals surface area contributed by atoms with Crippen LogP contribution in [0.4, 0.5) is 0 Å². The molecule has 4 heteroatoms. The molecule has 3 rings (SSSR count). The third kappa shape index (κ3) is 2.72. The van der Waals surface area contributed by atoms with E-state index in [0.29, 0.717) is 12.0 Å². The summed E-state index contributed by atoms with van der Waals surface area (Å²) in [7, 11) is 2.30. The fourth-order valence-corrected chi connectivity index (χ4v) is 4.01. The van der Waals surface area contributed by atoms with Gasteiger partial charge < -0.3 is 10.2 Å². The van der Waals surface area contributed by atoms with Crippen molar-refractivity contribution in [3.63, 3.8) is 0 Å². The van der Waals surface area contributed by atoms with E-state index in [2.05, 4.69) is 34.2 Å². The normalized spacial score (nSPS) is 31.4. The quantitative estimate of drug-likeness (QED) is 0.895. The summed E-state index contributed by atoms with van der Waals surface area (Å²) in [4.78, 5) is 11.4. The smallest absolute Gasteiger partial charge is 0.0758 e. The Bertz CT molecular complexity index is 408. The predicted molar refractivity (Wildman–Crippen MR) is 80.4 cm³/mol. The highest BCUT2D eigenvalue weighted by atomic mass is 15.2. The van der Waals surface area contributed by atoms with Crippen molar-refractivity contribution < 1.29 is 0 Å². The van der Waals surface area contributed by atoms with E-state index in [0.717, 1.165) is 30.7 Å². The SMILES string of the molecule is CCCNC(c1cnccn1)C1CC2CCC(C1)N2C. The van der Waals surface area contributed by atoms with Gasteiger partial charge in [0, 0.05) is 30.7 Å². The van der Waals surface area contributed by atoms with Gasteiger partial charge in [-0.15, -0.1) is 0 Å². The van der Waals surface area contributed by atoms with E-state index in [1.807, 2.05) is 12.4 Å². The summed E-state index contributed by atoms with van der Waals surface area (Å²) in [5.41, 5.74) is 1.12. The molecule has 2 aliphatic heterocycles. The van der Waals surface area contributed by atoms with Crippen LogP contribution in [0.3, 0.4) is 0 Å². The van der Waals surface area contributed by atoms with Crippen LogP contribution in [-0.4, -0.2) is 40.5 Å². The lowest BCUT2D eigenvalue weighted by atomic mass is 9.83. The molecule has 0 radical (unpaired) electrons. The van der Waals surface area contributed by atoms with Gasteiger partial charge in [-0.1, -0.05) is 6.92 Å². The minimum atomic E-state index is 0.375. The molecule has 20 heavy (non-hydrogen) atoms. The highest BCUT2D eigenvalue weighted by Gasteiger charge is 2.41. The molecule has 0 aliphatic carbocycles. The number of nitrogens with one attached hydrogen (secondary N) is 1. The molecule has 0 spiro atoms. The first-order valence-electron chi connectivity index (χ1n) is 8.00. The summed E-state index contributed by atoms with van der Waals surface area (Å²) in [5, 5.41) is 3.72. The largest absolute Gasteiger partial charge is 0.308 e. The summed E-state index contributed by atoms with van der Waals surface area (Å²) >= 11 is 0. The molecule has 2 fully saturated rings. The Hall–Kier alpha value is -1.00. The Morgan fingerprint density at radius 1 is 1.30 bits per heavy atom. The number of fused-ring (bicyclic) bond motifs is 2.